The number of Topliss-reactive ketones (excluding diaryl/α,β-unsaturated/α-hetero) is 1. The van der Waals surface area contributed by atoms with Crippen LogP contribution in [0, 0.1) is 15.5 Å². The Hall–Kier alpha value is -7.88. The average Bonchev–Trinajstić information content (AvgIpc) is 3.36. The lowest BCUT2D eigenvalue weighted by Gasteiger charge is -2.32. The zero-order valence-corrected chi connectivity index (χ0v) is 45.2. The van der Waals surface area contributed by atoms with Gasteiger partial charge in [-0.3, -0.25) is 20.2 Å². The zero-order valence-electron chi connectivity index (χ0n) is 45.2. The number of methoxy groups -OCH3 is 3. The molecule has 0 aliphatic rings. The Balaban J connectivity index is 1.08. The number of nitrogen functional groups attached to an aromatic ring is 1. The third-order valence-corrected chi connectivity index (χ3v) is 12.1. The van der Waals surface area contributed by atoms with Crippen molar-refractivity contribution >= 4 is 52.1 Å². The lowest BCUT2D eigenvalue weighted by molar-refractivity contribution is -0.385. The van der Waals surface area contributed by atoms with Crippen molar-refractivity contribution in [1.29, 1.82) is 0 Å². The molecule has 4 N–H and O–H groups in total. The van der Waals surface area contributed by atoms with E-state index in [9.17, 15) is 29.3 Å². The monoisotopic (exact) mass is 1060 g/mol. The van der Waals surface area contributed by atoms with Gasteiger partial charge in [-0.15, -0.1) is 0 Å². The molecule has 2 heterocycles. The second-order valence-electron chi connectivity index (χ2n) is 19.5. The highest BCUT2D eigenvalue weighted by atomic mass is 16.6. The second kappa shape index (κ2) is 27.1. The number of nitro groups is 1. The first-order valence-electron chi connectivity index (χ1n) is 24.9. The van der Waals surface area contributed by atoms with Gasteiger partial charge in [-0.25, -0.2) is 19.4 Å². The van der Waals surface area contributed by atoms with Crippen LogP contribution in [0.3, 0.4) is 0 Å². The lowest BCUT2D eigenvalue weighted by atomic mass is 9.87. The SMILES string of the molecule is CCN(CC)c1ccc2c(COC(=O)Nc3nc(N)ncc3Cc3cc(OC)c(OCC(=O)CCCC(C)(C)COC(C)(C)CCNC(=O)OCc4cc(OC)c(OC(C)C)cc4[N+](=O)[O-])c(OC)c3)cc(=O)oc2c1. The summed E-state index contributed by atoms with van der Waals surface area (Å²) >= 11 is 0. The van der Waals surface area contributed by atoms with Gasteiger partial charge in [0.25, 0.3) is 5.69 Å². The Labute approximate surface area is 442 Å². The van der Waals surface area contributed by atoms with Crippen LogP contribution in [0.4, 0.5) is 32.7 Å². The normalized spacial score (nSPS) is 11.5. The minimum absolute atomic E-state index is 0.0866. The number of alkyl carbamates (subject to hydrolysis) is 1. The molecule has 0 radical (unpaired) electrons. The van der Waals surface area contributed by atoms with Crippen molar-refractivity contribution in [2.45, 2.75) is 112 Å². The Bertz CT molecular complexity index is 2860. The van der Waals surface area contributed by atoms with Gasteiger partial charge in [0.15, 0.2) is 28.8 Å². The van der Waals surface area contributed by atoms with Crippen LogP contribution in [-0.4, -0.2) is 98.7 Å². The summed E-state index contributed by atoms with van der Waals surface area (Å²) in [5, 5.41) is 17.7. The molecule has 2 amide bonds. The molecule has 3 aromatic carbocycles. The molecule has 0 spiro atoms. The lowest BCUT2D eigenvalue weighted by Crippen LogP contribution is -2.35. The third-order valence-electron chi connectivity index (χ3n) is 12.1. The number of carbonyl (C=O) groups excluding carboxylic acids is 3. The number of hydrogen-bond acceptors (Lipinski definition) is 19. The van der Waals surface area contributed by atoms with E-state index < -0.39 is 28.3 Å². The van der Waals surface area contributed by atoms with Crippen LogP contribution in [-0.2, 0) is 38.6 Å². The number of ether oxygens (including phenoxy) is 8. The van der Waals surface area contributed by atoms with Crippen molar-refractivity contribution in [3.05, 3.63) is 97.5 Å². The van der Waals surface area contributed by atoms with Crippen LogP contribution in [0.25, 0.3) is 11.0 Å². The number of nitrogens with one attached hydrogen (secondary N) is 2. The summed E-state index contributed by atoms with van der Waals surface area (Å²) in [7, 11) is 4.34. The van der Waals surface area contributed by atoms with Crippen LogP contribution in [0.1, 0.15) is 103 Å². The fraction of sp³-hybridized carbons (Fsp3) is 0.481. The van der Waals surface area contributed by atoms with Gasteiger partial charge in [0.2, 0.25) is 11.7 Å². The molecule has 0 aliphatic carbocycles. The van der Waals surface area contributed by atoms with E-state index in [2.05, 4.69) is 25.5 Å². The van der Waals surface area contributed by atoms with Gasteiger partial charge in [-0.2, -0.15) is 4.98 Å². The highest BCUT2D eigenvalue weighted by Gasteiger charge is 2.27. The first-order valence-corrected chi connectivity index (χ1v) is 24.9. The summed E-state index contributed by atoms with van der Waals surface area (Å²) in [6.07, 6.45) is 1.76. The van der Waals surface area contributed by atoms with E-state index in [0.717, 1.165) is 18.8 Å². The van der Waals surface area contributed by atoms with Crippen LogP contribution < -0.4 is 50.6 Å². The molecule has 0 saturated heterocycles. The molecule has 76 heavy (non-hydrogen) atoms. The maximum Gasteiger partial charge on any atom is 0.413 e. The summed E-state index contributed by atoms with van der Waals surface area (Å²) in [4.78, 5) is 73.1. The van der Waals surface area contributed by atoms with Crippen LogP contribution >= 0.6 is 0 Å². The van der Waals surface area contributed by atoms with Crippen molar-refractivity contribution in [3.63, 3.8) is 0 Å². The molecule has 2 aromatic heterocycles. The first kappa shape index (κ1) is 59.0. The molecular weight excluding hydrogens is 987 g/mol. The zero-order chi connectivity index (χ0) is 55.7. The molecular formula is C54H71N7O15. The maximum absolute atomic E-state index is 13.2. The summed E-state index contributed by atoms with van der Waals surface area (Å²) in [5.41, 5.74) is 7.19. The van der Waals surface area contributed by atoms with E-state index in [1.807, 2.05) is 53.7 Å². The van der Waals surface area contributed by atoms with Crippen molar-refractivity contribution in [2.24, 2.45) is 5.41 Å². The summed E-state index contributed by atoms with van der Waals surface area (Å²) in [5.74, 6) is 1.20. The molecule has 412 valence electrons. The van der Waals surface area contributed by atoms with E-state index in [4.69, 9.17) is 48.0 Å². The average molecular weight is 1060 g/mol. The van der Waals surface area contributed by atoms with Gasteiger partial charge in [0.05, 0.1) is 56.2 Å². The van der Waals surface area contributed by atoms with Gasteiger partial charge >= 0.3 is 17.8 Å². The summed E-state index contributed by atoms with van der Waals surface area (Å²) in [6, 6.07) is 12.9. The second-order valence-corrected chi connectivity index (χ2v) is 19.5. The number of carbonyl (C=O) groups is 3. The fourth-order valence-corrected chi connectivity index (χ4v) is 8.02. The molecule has 0 aliphatic heterocycles. The van der Waals surface area contributed by atoms with Gasteiger partial charge in [-0.1, -0.05) is 13.8 Å². The number of nitrogens with zero attached hydrogens (tertiary/aromatic N) is 4. The molecule has 0 atom stereocenters. The molecule has 0 saturated carbocycles. The molecule has 0 fully saturated rings. The molecule has 22 heteroatoms. The van der Waals surface area contributed by atoms with E-state index in [1.165, 1.54) is 45.7 Å². The number of anilines is 3. The molecule has 0 unspecified atom stereocenters. The summed E-state index contributed by atoms with van der Waals surface area (Å²) in [6.45, 7) is 16.9. The van der Waals surface area contributed by atoms with E-state index in [0.29, 0.717) is 65.0 Å². The highest BCUT2D eigenvalue weighted by molar-refractivity contribution is 5.86. The number of nitro benzene ring substituents is 1. The summed E-state index contributed by atoms with van der Waals surface area (Å²) < 4.78 is 50.9. The van der Waals surface area contributed by atoms with E-state index >= 15 is 0 Å². The minimum Gasteiger partial charge on any atom is -0.493 e. The van der Waals surface area contributed by atoms with Crippen molar-refractivity contribution < 1.29 is 61.6 Å². The largest absolute Gasteiger partial charge is 0.493 e. The molecule has 5 aromatic rings. The van der Waals surface area contributed by atoms with Crippen LogP contribution in [0.5, 0.6) is 28.7 Å². The number of nitrogens with two attached hydrogens (primary N) is 1. The van der Waals surface area contributed by atoms with Gasteiger partial charge in [-0.05, 0) is 102 Å². The predicted molar refractivity (Wildman–Crippen MR) is 285 cm³/mol. The fourth-order valence-electron chi connectivity index (χ4n) is 8.02. The quantitative estimate of drug-likeness (QED) is 0.0228. The number of hydrogen-bond donors (Lipinski definition) is 3. The van der Waals surface area contributed by atoms with Gasteiger partial charge in [0.1, 0.15) is 31.2 Å². The smallest absolute Gasteiger partial charge is 0.413 e. The number of fused-ring (bicyclic) bond motifs is 1. The predicted octanol–water partition coefficient (Wildman–Crippen LogP) is 9.33. The maximum atomic E-state index is 13.2. The van der Waals surface area contributed by atoms with Crippen LogP contribution in [0.15, 0.2) is 63.9 Å². The number of rotatable bonds is 29. The minimum atomic E-state index is -0.845. The van der Waals surface area contributed by atoms with E-state index in [-0.39, 0.29) is 96.8 Å². The first-order chi connectivity index (χ1) is 36.1. The molecule has 22 nitrogen and oxygen atoms in total. The van der Waals surface area contributed by atoms with Crippen molar-refractivity contribution in [3.8, 4) is 28.7 Å². The topological polar surface area (TPSA) is 277 Å². The number of amides is 2. The van der Waals surface area contributed by atoms with Gasteiger partial charge in [0, 0.05) is 73.0 Å². The number of ketones is 1. The Morgan fingerprint density at radius 2 is 1.53 bits per heavy atom. The standard InChI is InChI=1S/C54H71N7O15/c1-12-60(13-2)38-16-17-40-36(25-47(63)76-42(40)26-38)29-73-52(65)59-49-35(28-57-50(55)58-49)21-34-22-45(69-10)48(46(23-34)70-11)71-31-39(62)15-14-18-53(5,6)32-74-54(7,8)19-20-56-51(64)72-30-37-24-43(68-9)44(75-33(3)4)27-41(37)61(66)67/h16-17,22-28,33H,12-15,18-21,29-32H2,1-11H3,(H,56,64)(H3,55,57,58,59,65). The Kier molecular flexibility index (Phi) is 21.0. The van der Waals surface area contributed by atoms with Gasteiger partial charge < -0.3 is 58.3 Å². The highest BCUT2D eigenvalue weighted by Crippen LogP contribution is 2.40. The number of aromatic nitrogens is 2. The van der Waals surface area contributed by atoms with E-state index in [1.54, 1.807) is 32.0 Å². The van der Waals surface area contributed by atoms with Crippen LogP contribution in [0.2, 0.25) is 0 Å². The van der Waals surface area contributed by atoms with Crippen molar-refractivity contribution in [2.75, 3.05) is 70.1 Å². The molecule has 5 rings (SSSR count). The Morgan fingerprint density at radius 3 is 2.17 bits per heavy atom. The third kappa shape index (κ3) is 17.1. The number of benzene rings is 3. The van der Waals surface area contributed by atoms with Crippen molar-refractivity contribution in [1.82, 2.24) is 15.3 Å². The molecule has 0 bridgehead atoms. The Morgan fingerprint density at radius 1 is 0.855 bits per heavy atom.